The van der Waals surface area contributed by atoms with Crippen LogP contribution in [0.15, 0.2) is 35.5 Å². The zero-order chi connectivity index (χ0) is 17.6. The Morgan fingerprint density at radius 2 is 1.96 bits per heavy atom. The van der Waals surface area contributed by atoms with Gasteiger partial charge < -0.3 is 14.7 Å². The fourth-order valence-electron chi connectivity index (χ4n) is 2.75. The molecule has 0 saturated carbocycles. The third kappa shape index (κ3) is 4.70. The Bertz CT molecular complexity index is 731. The predicted octanol–water partition coefficient (Wildman–Crippen LogP) is 3.21. The SMILES string of the molecule is COCc1cc(N2CCCC2)nc(SCc2ccc(C(=O)O)cc2)n1. The molecule has 0 atom stereocenters. The average molecular weight is 359 g/mol. The topological polar surface area (TPSA) is 75.5 Å². The largest absolute Gasteiger partial charge is 0.478 e. The number of aromatic carboxylic acids is 1. The molecule has 1 aliphatic rings. The van der Waals surface area contributed by atoms with Crippen LogP contribution in [0.5, 0.6) is 0 Å². The number of methoxy groups -OCH3 is 1. The van der Waals surface area contributed by atoms with Gasteiger partial charge in [0.15, 0.2) is 5.16 Å². The van der Waals surface area contributed by atoms with Gasteiger partial charge in [-0.2, -0.15) is 0 Å². The standard InChI is InChI=1S/C18H21N3O3S/c1-24-11-15-10-16(21-8-2-3-9-21)20-18(19-15)25-12-13-4-6-14(7-5-13)17(22)23/h4-7,10H,2-3,8-9,11-12H2,1H3,(H,22,23). The summed E-state index contributed by atoms with van der Waals surface area (Å²) in [5.41, 5.74) is 2.21. The maximum absolute atomic E-state index is 10.9. The molecule has 0 spiro atoms. The Hall–Kier alpha value is -2.12. The average Bonchev–Trinajstić information content (AvgIpc) is 3.15. The number of hydrogen-bond acceptors (Lipinski definition) is 6. The number of benzene rings is 1. The lowest BCUT2D eigenvalue weighted by atomic mass is 10.1. The number of carboxylic acids is 1. The maximum atomic E-state index is 10.9. The van der Waals surface area contributed by atoms with Gasteiger partial charge in [-0.05, 0) is 30.5 Å². The molecule has 1 fully saturated rings. The van der Waals surface area contributed by atoms with E-state index in [9.17, 15) is 4.79 Å². The van der Waals surface area contributed by atoms with Gasteiger partial charge >= 0.3 is 5.97 Å². The van der Waals surface area contributed by atoms with Gasteiger partial charge in [0.05, 0.1) is 17.9 Å². The first kappa shape index (κ1) is 17.7. The van der Waals surface area contributed by atoms with Gasteiger partial charge in [0.1, 0.15) is 5.82 Å². The van der Waals surface area contributed by atoms with Crippen LogP contribution in [0.3, 0.4) is 0 Å². The van der Waals surface area contributed by atoms with Crippen LogP contribution in [0, 0.1) is 0 Å². The van der Waals surface area contributed by atoms with E-state index >= 15 is 0 Å². The fraction of sp³-hybridized carbons (Fsp3) is 0.389. The molecule has 2 heterocycles. The van der Waals surface area contributed by atoms with E-state index in [-0.39, 0.29) is 0 Å². The van der Waals surface area contributed by atoms with Crippen LogP contribution in [0.25, 0.3) is 0 Å². The van der Waals surface area contributed by atoms with E-state index in [2.05, 4.69) is 14.9 Å². The van der Waals surface area contributed by atoms with Gasteiger partial charge in [-0.15, -0.1) is 0 Å². The molecular formula is C18H21N3O3S. The third-order valence-electron chi connectivity index (χ3n) is 4.04. The number of anilines is 1. The van der Waals surface area contributed by atoms with Crippen LogP contribution < -0.4 is 4.90 Å². The molecule has 1 saturated heterocycles. The first-order valence-corrected chi connectivity index (χ1v) is 9.21. The highest BCUT2D eigenvalue weighted by molar-refractivity contribution is 7.98. The van der Waals surface area contributed by atoms with E-state index in [1.165, 1.54) is 12.8 Å². The number of rotatable bonds is 7. The number of ether oxygens (including phenoxy) is 1. The van der Waals surface area contributed by atoms with Crippen molar-refractivity contribution >= 4 is 23.5 Å². The molecule has 0 unspecified atom stereocenters. The molecule has 0 bridgehead atoms. The van der Waals surface area contributed by atoms with Gasteiger partial charge in [-0.25, -0.2) is 14.8 Å². The highest BCUT2D eigenvalue weighted by atomic mass is 32.2. The minimum atomic E-state index is -0.912. The van der Waals surface area contributed by atoms with Gasteiger partial charge in [-0.3, -0.25) is 0 Å². The summed E-state index contributed by atoms with van der Waals surface area (Å²) in [5, 5.41) is 9.68. The lowest BCUT2D eigenvalue weighted by molar-refractivity contribution is 0.0697. The molecule has 1 aliphatic heterocycles. The molecule has 6 nitrogen and oxygen atoms in total. The Kier molecular flexibility index (Phi) is 5.88. The summed E-state index contributed by atoms with van der Waals surface area (Å²) in [7, 11) is 1.66. The molecule has 3 rings (SSSR count). The highest BCUT2D eigenvalue weighted by Crippen LogP contribution is 2.25. The van der Waals surface area contributed by atoms with Gasteiger partial charge in [0, 0.05) is 32.0 Å². The van der Waals surface area contributed by atoms with Crippen molar-refractivity contribution in [2.45, 2.75) is 30.4 Å². The number of hydrogen-bond donors (Lipinski definition) is 1. The number of carbonyl (C=O) groups is 1. The molecule has 0 aliphatic carbocycles. The van der Waals surface area contributed by atoms with Crippen molar-refractivity contribution in [2.75, 3.05) is 25.1 Å². The van der Waals surface area contributed by atoms with Crippen LogP contribution in [-0.2, 0) is 17.1 Å². The minimum absolute atomic E-state index is 0.295. The summed E-state index contributed by atoms with van der Waals surface area (Å²) >= 11 is 1.55. The van der Waals surface area contributed by atoms with Gasteiger partial charge in [0.25, 0.3) is 0 Å². The second-order valence-electron chi connectivity index (χ2n) is 5.92. The zero-order valence-corrected chi connectivity index (χ0v) is 15.0. The molecule has 0 radical (unpaired) electrons. The van der Waals surface area contributed by atoms with Crippen molar-refractivity contribution in [3.05, 3.63) is 47.2 Å². The van der Waals surface area contributed by atoms with Gasteiger partial charge in [0.2, 0.25) is 0 Å². The summed E-state index contributed by atoms with van der Waals surface area (Å²) in [6, 6.07) is 8.90. The third-order valence-corrected chi connectivity index (χ3v) is 4.95. The normalized spacial score (nSPS) is 14.0. The monoisotopic (exact) mass is 359 g/mol. The van der Waals surface area contributed by atoms with Crippen LogP contribution in [-0.4, -0.2) is 41.2 Å². The first-order valence-electron chi connectivity index (χ1n) is 8.22. The molecular weight excluding hydrogens is 338 g/mol. The van der Waals surface area contributed by atoms with Gasteiger partial charge in [-0.1, -0.05) is 23.9 Å². The number of thioether (sulfide) groups is 1. The second kappa shape index (κ2) is 8.31. The maximum Gasteiger partial charge on any atom is 0.335 e. The lowest BCUT2D eigenvalue weighted by Gasteiger charge is -2.17. The summed E-state index contributed by atoms with van der Waals surface area (Å²) < 4.78 is 5.23. The van der Waals surface area contributed by atoms with E-state index in [1.54, 1.807) is 31.0 Å². The first-order chi connectivity index (χ1) is 12.2. The van der Waals surface area contributed by atoms with E-state index in [4.69, 9.17) is 9.84 Å². The quantitative estimate of drug-likeness (QED) is 0.601. The fourth-order valence-corrected chi connectivity index (χ4v) is 3.57. The molecule has 25 heavy (non-hydrogen) atoms. The predicted molar refractivity (Wildman–Crippen MR) is 97.2 cm³/mol. The number of nitrogens with zero attached hydrogens (tertiary/aromatic N) is 3. The minimum Gasteiger partial charge on any atom is -0.478 e. The van der Waals surface area contributed by atoms with E-state index in [0.717, 1.165) is 35.3 Å². The van der Waals surface area contributed by atoms with Crippen molar-refractivity contribution in [1.82, 2.24) is 9.97 Å². The molecule has 2 aromatic rings. The summed E-state index contributed by atoms with van der Waals surface area (Å²) in [6.07, 6.45) is 2.39. The lowest BCUT2D eigenvalue weighted by Crippen LogP contribution is -2.20. The molecule has 7 heteroatoms. The Morgan fingerprint density at radius 3 is 2.60 bits per heavy atom. The van der Waals surface area contributed by atoms with E-state index in [0.29, 0.717) is 17.9 Å². The van der Waals surface area contributed by atoms with Crippen LogP contribution >= 0.6 is 11.8 Å². The molecule has 132 valence electrons. The van der Waals surface area contributed by atoms with E-state index < -0.39 is 5.97 Å². The van der Waals surface area contributed by atoms with E-state index in [1.807, 2.05) is 18.2 Å². The smallest absolute Gasteiger partial charge is 0.335 e. The van der Waals surface area contributed by atoms with Crippen LogP contribution in [0.4, 0.5) is 5.82 Å². The van der Waals surface area contributed by atoms with Crippen molar-refractivity contribution < 1.29 is 14.6 Å². The second-order valence-corrected chi connectivity index (χ2v) is 6.86. The van der Waals surface area contributed by atoms with Crippen molar-refractivity contribution in [2.24, 2.45) is 0 Å². The van der Waals surface area contributed by atoms with Crippen molar-refractivity contribution in [3.63, 3.8) is 0 Å². The van der Waals surface area contributed by atoms with Crippen molar-refractivity contribution in [3.8, 4) is 0 Å². The molecule has 1 N–H and O–H groups in total. The van der Waals surface area contributed by atoms with Crippen LogP contribution in [0.2, 0.25) is 0 Å². The summed E-state index contributed by atoms with van der Waals surface area (Å²) in [5.74, 6) is 0.740. The number of carboxylic acid groups (broad SMARTS) is 1. The summed E-state index contributed by atoms with van der Waals surface area (Å²) in [6.45, 7) is 2.53. The van der Waals surface area contributed by atoms with Crippen LogP contribution in [0.1, 0.15) is 34.5 Å². The Balaban J connectivity index is 1.72. The molecule has 1 aromatic carbocycles. The molecule has 0 amide bonds. The summed E-state index contributed by atoms with van der Waals surface area (Å²) in [4.78, 5) is 22.4. The van der Waals surface area contributed by atoms with Crippen molar-refractivity contribution in [1.29, 1.82) is 0 Å². The zero-order valence-electron chi connectivity index (χ0n) is 14.1. The Labute approximate surface area is 151 Å². The highest BCUT2D eigenvalue weighted by Gasteiger charge is 2.16. The number of aromatic nitrogens is 2. The molecule has 1 aromatic heterocycles. The Morgan fingerprint density at radius 1 is 1.24 bits per heavy atom.